The first-order valence-electron chi connectivity index (χ1n) is 4.61. The van der Waals surface area contributed by atoms with Crippen LogP contribution in [0.2, 0.25) is 0 Å². The van der Waals surface area contributed by atoms with Crippen LogP contribution in [0.15, 0.2) is 0 Å². The molecule has 5 heteroatoms. The second-order valence-corrected chi connectivity index (χ2v) is 4.94. The van der Waals surface area contributed by atoms with E-state index in [0.717, 1.165) is 5.75 Å². The molecule has 1 aliphatic rings. The van der Waals surface area contributed by atoms with Gasteiger partial charge in [0, 0.05) is 11.7 Å². The smallest absolute Gasteiger partial charge is 0.330 e. The van der Waals surface area contributed by atoms with E-state index in [9.17, 15) is 9.59 Å². The summed E-state index contributed by atoms with van der Waals surface area (Å²) in [5.41, 5.74) is -1.02. The number of aliphatic carboxylic acids is 1. The van der Waals surface area contributed by atoms with Crippen molar-refractivity contribution < 1.29 is 14.7 Å². The summed E-state index contributed by atoms with van der Waals surface area (Å²) in [5, 5.41) is 11.7. The first-order chi connectivity index (χ1) is 6.48. The van der Waals surface area contributed by atoms with Gasteiger partial charge in [-0.1, -0.05) is 13.8 Å². The van der Waals surface area contributed by atoms with Crippen LogP contribution in [0.5, 0.6) is 0 Å². The van der Waals surface area contributed by atoms with Crippen molar-refractivity contribution in [2.45, 2.75) is 25.8 Å². The van der Waals surface area contributed by atoms with Gasteiger partial charge in [-0.15, -0.1) is 0 Å². The van der Waals surface area contributed by atoms with Crippen molar-refractivity contribution in [3.8, 4) is 0 Å². The second kappa shape index (κ2) is 4.21. The Balaban J connectivity index is 2.70. The lowest BCUT2D eigenvalue weighted by molar-refractivity contribution is -0.146. The standard InChI is InChI=1S/C9H15NO3S/c1-6(2)7(11)10-9(8(12)13)3-4-14-5-9/h6H,3-5H2,1-2H3,(H,10,11)(H,12,13). The van der Waals surface area contributed by atoms with E-state index in [-0.39, 0.29) is 11.8 Å². The minimum Gasteiger partial charge on any atom is -0.479 e. The molecular formula is C9H15NO3S. The molecule has 1 saturated heterocycles. The van der Waals surface area contributed by atoms with Crippen molar-refractivity contribution in [2.75, 3.05) is 11.5 Å². The number of nitrogens with one attached hydrogen (secondary N) is 1. The Morgan fingerprint density at radius 2 is 2.14 bits per heavy atom. The van der Waals surface area contributed by atoms with E-state index in [4.69, 9.17) is 5.11 Å². The van der Waals surface area contributed by atoms with Gasteiger partial charge in [0.2, 0.25) is 5.91 Å². The van der Waals surface area contributed by atoms with Crippen molar-refractivity contribution in [1.82, 2.24) is 5.32 Å². The SMILES string of the molecule is CC(C)C(=O)NC1(C(=O)O)CCSC1. The number of carboxylic acids is 1. The number of rotatable bonds is 3. The molecule has 2 N–H and O–H groups in total. The Morgan fingerprint density at radius 1 is 1.50 bits per heavy atom. The van der Waals surface area contributed by atoms with E-state index < -0.39 is 11.5 Å². The zero-order valence-corrected chi connectivity index (χ0v) is 9.19. The maximum absolute atomic E-state index is 11.4. The molecule has 0 aliphatic carbocycles. The first kappa shape index (κ1) is 11.4. The van der Waals surface area contributed by atoms with E-state index in [1.807, 2.05) is 0 Å². The highest BCUT2D eigenvalue weighted by Gasteiger charge is 2.43. The van der Waals surface area contributed by atoms with Crippen LogP contribution < -0.4 is 5.32 Å². The third-order valence-corrected chi connectivity index (χ3v) is 3.51. The first-order valence-corrected chi connectivity index (χ1v) is 5.76. The van der Waals surface area contributed by atoms with Crippen LogP contribution in [0.1, 0.15) is 20.3 Å². The number of carbonyl (C=O) groups is 2. The molecule has 1 rings (SSSR count). The topological polar surface area (TPSA) is 66.4 Å². The van der Waals surface area contributed by atoms with Crippen LogP contribution in [0.4, 0.5) is 0 Å². The largest absolute Gasteiger partial charge is 0.479 e. The Labute approximate surface area is 87.4 Å². The van der Waals surface area contributed by atoms with E-state index in [2.05, 4.69) is 5.32 Å². The van der Waals surface area contributed by atoms with Crippen LogP contribution in [0.3, 0.4) is 0 Å². The highest BCUT2D eigenvalue weighted by atomic mass is 32.2. The summed E-state index contributed by atoms with van der Waals surface area (Å²) >= 11 is 1.57. The molecule has 1 aliphatic heterocycles. The molecule has 0 aromatic carbocycles. The lowest BCUT2D eigenvalue weighted by Crippen LogP contribution is -2.55. The maximum atomic E-state index is 11.4. The molecule has 80 valence electrons. The lowest BCUT2D eigenvalue weighted by Gasteiger charge is -2.25. The molecule has 1 heterocycles. The summed E-state index contributed by atoms with van der Waals surface area (Å²) in [6.45, 7) is 3.51. The summed E-state index contributed by atoms with van der Waals surface area (Å²) in [6, 6.07) is 0. The quantitative estimate of drug-likeness (QED) is 0.731. The minimum absolute atomic E-state index is 0.170. The molecule has 0 aromatic heterocycles. The molecule has 0 spiro atoms. The van der Waals surface area contributed by atoms with Gasteiger partial charge >= 0.3 is 5.97 Å². The average Bonchev–Trinajstić information content (AvgIpc) is 2.53. The summed E-state index contributed by atoms with van der Waals surface area (Å²) in [6.07, 6.45) is 0.519. The average molecular weight is 217 g/mol. The molecule has 1 unspecified atom stereocenters. The van der Waals surface area contributed by atoms with E-state index in [1.165, 1.54) is 0 Å². The Kier molecular flexibility index (Phi) is 3.42. The molecule has 0 saturated carbocycles. The summed E-state index contributed by atoms with van der Waals surface area (Å²) in [5.74, 6) is -0.00548. The van der Waals surface area contributed by atoms with Crippen LogP contribution in [-0.4, -0.2) is 34.0 Å². The zero-order chi connectivity index (χ0) is 10.8. The number of hydrogen-bond donors (Lipinski definition) is 2. The third-order valence-electron chi connectivity index (χ3n) is 2.32. The summed E-state index contributed by atoms with van der Waals surface area (Å²) < 4.78 is 0. The fourth-order valence-corrected chi connectivity index (χ4v) is 2.59. The Bertz CT molecular complexity index is 246. The van der Waals surface area contributed by atoms with Gasteiger partial charge in [-0.05, 0) is 12.2 Å². The van der Waals surface area contributed by atoms with Gasteiger partial charge in [-0.3, -0.25) is 4.79 Å². The van der Waals surface area contributed by atoms with Gasteiger partial charge in [0.1, 0.15) is 5.54 Å². The Hall–Kier alpha value is -0.710. The van der Waals surface area contributed by atoms with Crippen LogP contribution >= 0.6 is 11.8 Å². The predicted molar refractivity (Wildman–Crippen MR) is 55.3 cm³/mol. The van der Waals surface area contributed by atoms with E-state index in [0.29, 0.717) is 12.2 Å². The van der Waals surface area contributed by atoms with Crippen molar-refractivity contribution >= 4 is 23.6 Å². The number of amides is 1. The number of carboxylic acid groups (broad SMARTS) is 1. The Morgan fingerprint density at radius 3 is 2.50 bits per heavy atom. The number of thioether (sulfide) groups is 1. The van der Waals surface area contributed by atoms with Crippen LogP contribution in [-0.2, 0) is 9.59 Å². The maximum Gasteiger partial charge on any atom is 0.330 e. The number of hydrogen-bond acceptors (Lipinski definition) is 3. The zero-order valence-electron chi connectivity index (χ0n) is 8.37. The lowest BCUT2D eigenvalue weighted by atomic mass is 9.98. The van der Waals surface area contributed by atoms with Crippen molar-refractivity contribution in [1.29, 1.82) is 0 Å². The highest BCUT2D eigenvalue weighted by Crippen LogP contribution is 2.28. The molecule has 1 amide bonds. The highest BCUT2D eigenvalue weighted by molar-refractivity contribution is 7.99. The monoisotopic (exact) mass is 217 g/mol. The van der Waals surface area contributed by atoms with Crippen LogP contribution in [0, 0.1) is 5.92 Å². The predicted octanol–water partition coefficient (Wildman–Crippen LogP) is 0.719. The van der Waals surface area contributed by atoms with Gasteiger partial charge in [0.25, 0.3) is 0 Å². The molecule has 0 aromatic rings. The van der Waals surface area contributed by atoms with Gasteiger partial charge in [-0.2, -0.15) is 11.8 Å². The van der Waals surface area contributed by atoms with Crippen molar-refractivity contribution in [3.05, 3.63) is 0 Å². The molecule has 0 radical (unpaired) electrons. The van der Waals surface area contributed by atoms with E-state index >= 15 is 0 Å². The van der Waals surface area contributed by atoms with Gasteiger partial charge in [-0.25, -0.2) is 4.79 Å². The molecule has 1 atom stereocenters. The molecule has 4 nitrogen and oxygen atoms in total. The van der Waals surface area contributed by atoms with Crippen molar-refractivity contribution in [3.63, 3.8) is 0 Å². The van der Waals surface area contributed by atoms with Gasteiger partial charge in [0.05, 0.1) is 0 Å². The minimum atomic E-state index is -1.02. The fourth-order valence-electron chi connectivity index (χ4n) is 1.27. The normalized spacial score (nSPS) is 26.5. The van der Waals surface area contributed by atoms with E-state index in [1.54, 1.807) is 25.6 Å². The molecule has 1 fully saturated rings. The fraction of sp³-hybridized carbons (Fsp3) is 0.778. The van der Waals surface area contributed by atoms with Crippen LogP contribution in [0.25, 0.3) is 0 Å². The van der Waals surface area contributed by atoms with Crippen molar-refractivity contribution in [2.24, 2.45) is 5.92 Å². The molecule has 14 heavy (non-hydrogen) atoms. The van der Waals surface area contributed by atoms with Gasteiger partial charge in [0.15, 0.2) is 0 Å². The molecule has 0 bridgehead atoms. The van der Waals surface area contributed by atoms with Gasteiger partial charge < -0.3 is 10.4 Å². The summed E-state index contributed by atoms with van der Waals surface area (Å²) in [4.78, 5) is 22.5. The molecular weight excluding hydrogens is 202 g/mol. The third kappa shape index (κ3) is 2.20. The summed E-state index contributed by atoms with van der Waals surface area (Å²) in [7, 11) is 0. The number of carbonyl (C=O) groups excluding carboxylic acids is 1. The second-order valence-electron chi connectivity index (χ2n) is 3.83.